The molecule has 2 amide bonds. The number of nitrogens with one attached hydrogen (secondary N) is 1. The molecule has 3 aromatic rings. The normalized spacial score (nSPS) is 14.2. The topological polar surface area (TPSA) is 58.6 Å². The van der Waals surface area contributed by atoms with E-state index >= 15 is 0 Å². The molecule has 1 aliphatic heterocycles. The van der Waals surface area contributed by atoms with Crippen LogP contribution in [0.5, 0.6) is 5.75 Å². The van der Waals surface area contributed by atoms with Crippen LogP contribution in [0.15, 0.2) is 42.5 Å². The summed E-state index contributed by atoms with van der Waals surface area (Å²) in [5.41, 5.74) is -1.14. The molecule has 4 rings (SSSR count). The van der Waals surface area contributed by atoms with Crippen LogP contribution in [0, 0.1) is 26.8 Å². The van der Waals surface area contributed by atoms with Gasteiger partial charge in [0.1, 0.15) is 29.0 Å². The van der Waals surface area contributed by atoms with Gasteiger partial charge in [-0.05, 0) is 60.7 Å². The Kier molecular flexibility index (Phi) is 7.64. The molecule has 0 atom stereocenters. The Morgan fingerprint density at radius 2 is 1.68 bits per heavy atom. The Bertz CT molecular complexity index is 1420. The van der Waals surface area contributed by atoms with Crippen molar-refractivity contribution in [2.24, 2.45) is 0 Å². The average molecular weight is 648 g/mol. The van der Waals surface area contributed by atoms with E-state index < -0.39 is 71.5 Å². The Balaban J connectivity index is 1.69. The number of hydrogen-bond acceptors (Lipinski definition) is 3. The fraction of sp³-hybridized carbons (Fsp3) is 0.231. The van der Waals surface area contributed by atoms with Crippen LogP contribution in [0.2, 0.25) is 0 Å². The van der Waals surface area contributed by atoms with Crippen LogP contribution in [-0.2, 0) is 23.3 Å². The van der Waals surface area contributed by atoms with E-state index in [1.54, 1.807) is 13.8 Å². The molecule has 3 aromatic carbocycles. The van der Waals surface area contributed by atoms with E-state index in [4.69, 9.17) is 0 Å². The summed E-state index contributed by atoms with van der Waals surface area (Å²) < 4.78 is 86.6. The van der Waals surface area contributed by atoms with Crippen molar-refractivity contribution in [3.8, 4) is 5.75 Å². The zero-order valence-electron chi connectivity index (χ0n) is 19.9. The van der Waals surface area contributed by atoms with Crippen LogP contribution in [0.1, 0.15) is 40.9 Å². The predicted octanol–water partition coefficient (Wildman–Crippen LogP) is 6.20. The molecule has 0 saturated carbocycles. The van der Waals surface area contributed by atoms with Crippen LogP contribution >= 0.6 is 22.6 Å². The fourth-order valence-corrected chi connectivity index (χ4v) is 5.62. The summed E-state index contributed by atoms with van der Waals surface area (Å²) in [6.45, 7) is -0.998. The number of rotatable bonds is 7. The molecule has 1 aliphatic rings. The highest BCUT2D eigenvalue weighted by Crippen LogP contribution is 2.46. The summed E-state index contributed by atoms with van der Waals surface area (Å²) in [7, 11) is 0. The van der Waals surface area contributed by atoms with Crippen LogP contribution in [0.3, 0.4) is 0 Å². The maximum atomic E-state index is 14.7. The number of hydrogen-bond donors (Lipinski definition) is 1. The Hall–Kier alpha value is -3.29. The summed E-state index contributed by atoms with van der Waals surface area (Å²) in [6, 6.07) is 7.19. The van der Waals surface area contributed by atoms with Crippen molar-refractivity contribution in [3.63, 3.8) is 0 Å². The van der Waals surface area contributed by atoms with Gasteiger partial charge in [0.2, 0.25) is 5.91 Å². The van der Waals surface area contributed by atoms with E-state index in [9.17, 15) is 35.9 Å². The van der Waals surface area contributed by atoms with Gasteiger partial charge in [0.05, 0.1) is 17.6 Å². The number of carbonyl (C=O) groups excluding carboxylic acids is 2. The highest BCUT2D eigenvalue weighted by Gasteiger charge is 2.46. The molecule has 0 unspecified atom stereocenters. The molecule has 1 heterocycles. The summed E-state index contributed by atoms with van der Waals surface area (Å²) in [6.07, 6.45) is 0. The first-order valence-corrected chi connectivity index (χ1v) is 12.2. The second-order valence-corrected chi connectivity index (χ2v) is 10.2. The minimum atomic E-state index is -3.22. The number of anilines is 1. The molecular weight excluding hydrogens is 629 g/mol. The van der Waals surface area contributed by atoms with E-state index in [1.807, 2.05) is 22.6 Å². The second kappa shape index (κ2) is 10.5. The standard InChI is InChI=1S/C26H19F6IN2O3/c1-26(2)22-19(33)6-12(23(36)34-10-14-17(29)8-13(27)9-18(14)30)7-20(22)35(24(26)37)11-15-16(28)4-3-5-21(15)38-25(31)32/h3-9,25H,10-11H2,1-2H3,(H,34,36). The van der Waals surface area contributed by atoms with E-state index in [0.717, 1.165) is 12.1 Å². The van der Waals surface area contributed by atoms with E-state index in [0.29, 0.717) is 21.3 Å². The SMILES string of the molecule is CC1(C)C(=O)N(Cc2c(F)cccc2OC(F)F)c2cc(C(=O)NCc3c(F)cc(F)cc3F)cc(I)c21. The van der Waals surface area contributed by atoms with Crippen molar-refractivity contribution in [1.82, 2.24) is 5.32 Å². The third-order valence-corrected chi connectivity index (χ3v) is 7.02. The Labute approximate surface area is 226 Å². The maximum absolute atomic E-state index is 14.7. The van der Waals surface area contributed by atoms with Crippen molar-refractivity contribution in [3.05, 3.63) is 91.6 Å². The van der Waals surface area contributed by atoms with Crippen molar-refractivity contribution >= 4 is 40.1 Å². The molecule has 38 heavy (non-hydrogen) atoms. The largest absolute Gasteiger partial charge is 0.434 e. The molecule has 1 N–H and O–H groups in total. The third kappa shape index (κ3) is 5.18. The van der Waals surface area contributed by atoms with Crippen LogP contribution in [0.25, 0.3) is 0 Å². The average Bonchev–Trinajstić information content (AvgIpc) is 3.00. The second-order valence-electron chi connectivity index (χ2n) is 8.99. The van der Waals surface area contributed by atoms with Crippen molar-refractivity contribution in [2.45, 2.75) is 39.0 Å². The van der Waals surface area contributed by atoms with Crippen molar-refractivity contribution in [2.75, 3.05) is 4.90 Å². The molecular formula is C26H19F6IN2O3. The lowest BCUT2D eigenvalue weighted by Crippen LogP contribution is -2.36. The van der Waals surface area contributed by atoms with Crippen molar-refractivity contribution in [1.29, 1.82) is 0 Å². The van der Waals surface area contributed by atoms with Crippen molar-refractivity contribution < 1.29 is 40.7 Å². The number of alkyl halides is 2. The van der Waals surface area contributed by atoms with Gasteiger partial charge < -0.3 is 15.0 Å². The van der Waals surface area contributed by atoms with Gasteiger partial charge in [0.25, 0.3) is 5.91 Å². The van der Waals surface area contributed by atoms with Gasteiger partial charge in [0.15, 0.2) is 0 Å². The van der Waals surface area contributed by atoms with Gasteiger partial charge in [0, 0.05) is 44.5 Å². The van der Waals surface area contributed by atoms with Crippen LogP contribution < -0.4 is 15.0 Å². The molecule has 0 bridgehead atoms. The molecule has 200 valence electrons. The van der Waals surface area contributed by atoms with Gasteiger partial charge >= 0.3 is 6.61 Å². The highest BCUT2D eigenvalue weighted by atomic mass is 127. The van der Waals surface area contributed by atoms with E-state index in [2.05, 4.69) is 10.1 Å². The fourth-order valence-electron chi connectivity index (χ4n) is 4.33. The summed E-state index contributed by atoms with van der Waals surface area (Å²) in [5, 5.41) is 2.36. The molecule has 12 heteroatoms. The number of amides is 2. The molecule has 5 nitrogen and oxygen atoms in total. The van der Waals surface area contributed by atoms with Gasteiger partial charge in [-0.25, -0.2) is 17.6 Å². The zero-order valence-corrected chi connectivity index (χ0v) is 22.0. The zero-order chi connectivity index (χ0) is 27.9. The maximum Gasteiger partial charge on any atom is 0.387 e. The van der Waals surface area contributed by atoms with Gasteiger partial charge in [-0.15, -0.1) is 0 Å². The smallest absolute Gasteiger partial charge is 0.387 e. The Morgan fingerprint density at radius 1 is 1.03 bits per heavy atom. The number of carbonyl (C=O) groups is 2. The first-order chi connectivity index (χ1) is 17.8. The first kappa shape index (κ1) is 27.7. The number of fused-ring (bicyclic) bond motifs is 1. The lowest BCUT2D eigenvalue weighted by Gasteiger charge is -2.22. The van der Waals surface area contributed by atoms with Gasteiger partial charge in [-0.1, -0.05) is 6.07 Å². The minimum Gasteiger partial charge on any atom is -0.434 e. The van der Waals surface area contributed by atoms with Gasteiger partial charge in [-0.3, -0.25) is 9.59 Å². The van der Waals surface area contributed by atoms with E-state index in [1.165, 1.54) is 23.1 Å². The molecule has 0 saturated heterocycles. The Morgan fingerprint density at radius 3 is 2.32 bits per heavy atom. The summed E-state index contributed by atoms with van der Waals surface area (Å²) >= 11 is 1.93. The van der Waals surface area contributed by atoms with Crippen LogP contribution in [-0.4, -0.2) is 18.4 Å². The quantitative estimate of drug-likeness (QED) is 0.245. The lowest BCUT2D eigenvalue weighted by atomic mass is 9.86. The van der Waals surface area contributed by atoms with E-state index in [-0.39, 0.29) is 16.8 Å². The lowest BCUT2D eigenvalue weighted by molar-refractivity contribution is -0.122. The molecule has 0 radical (unpaired) electrons. The van der Waals surface area contributed by atoms with Crippen LogP contribution in [0.4, 0.5) is 32.0 Å². The third-order valence-electron chi connectivity index (χ3n) is 6.17. The van der Waals surface area contributed by atoms with Gasteiger partial charge in [-0.2, -0.15) is 8.78 Å². The molecule has 0 fully saturated rings. The molecule has 0 spiro atoms. The first-order valence-electron chi connectivity index (χ1n) is 11.1. The number of halogens is 7. The molecule has 0 aliphatic carbocycles. The monoisotopic (exact) mass is 648 g/mol. The molecule has 0 aromatic heterocycles. The summed E-state index contributed by atoms with van der Waals surface area (Å²) in [4.78, 5) is 27.4. The summed E-state index contributed by atoms with van der Waals surface area (Å²) in [5.74, 6) is -5.97. The number of ether oxygens (including phenoxy) is 1. The predicted molar refractivity (Wildman–Crippen MR) is 134 cm³/mol. The highest BCUT2D eigenvalue weighted by molar-refractivity contribution is 14.1. The number of nitrogens with zero attached hydrogens (tertiary/aromatic N) is 1. The number of benzene rings is 3. The minimum absolute atomic E-state index is 0.0177.